The second kappa shape index (κ2) is 9.87. The van der Waals surface area contributed by atoms with Gasteiger partial charge < -0.3 is 14.2 Å². The van der Waals surface area contributed by atoms with Gasteiger partial charge in [0.2, 0.25) is 10.0 Å². The van der Waals surface area contributed by atoms with Gasteiger partial charge in [0.15, 0.2) is 0 Å². The molecule has 29 heavy (non-hydrogen) atoms. The van der Waals surface area contributed by atoms with E-state index < -0.39 is 10.0 Å². The molecule has 156 valence electrons. The van der Waals surface area contributed by atoms with Crippen molar-refractivity contribution in [3.05, 3.63) is 54.1 Å². The molecule has 0 unspecified atom stereocenters. The molecule has 2 aromatic rings. The third-order valence-electron chi connectivity index (χ3n) is 4.45. The number of esters is 1. The number of sulfonamides is 1. The molecule has 0 aromatic heterocycles. The van der Waals surface area contributed by atoms with E-state index in [1.807, 2.05) is 31.2 Å². The first-order chi connectivity index (χ1) is 13.9. The highest BCUT2D eigenvalue weighted by Crippen LogP contribution is 2.21. The van der Waals surface area contributed by atoms with Crippen LogP contribution in [0.15, 0.2) is 53.4 Å². The summed E-state index contributed by atoms with van der Waals surface area (Å²) in [5.74, 6) is 0.701. The lowest BCUT2D eigenvalue weighted by atomic mass is 10.2. The second-order valence-electron chi connectivity index (χ2n) is 6.73. The van der Waals surface area contributed by atoms with Crippen LogP contribution in [0.1, 0.15) is 18.4 Å². The third kappa shape index (κ3) is 6.03. The van der Waals surface area contributed by atoms with E-state index in [0.29, 0.717) is 45.1 Å². The fourth-order valence-corrected chi connectivity index (χ4v) is 4.32. The minimum Gasteiger partial charge on any atom is -0.494 e. The van der Waals surface area contributed by atoms with Crippen LogP contribution in [0.3, 0.4) is 0 Å². The van der Waals surface area contributed by atoms with Crippen molar-refractivity contribution >= 4 is 16.0 Å². The quantitative estimate of drug-likeness (QED) is 0.372. The number of carbonyl (C=O) groups is 1. The molecule has 3 rings (SSSR count). The fourth-order valence-electron chi connectivity index (χ4n) is 2.91. The van der Waals surface area contributed by atoms with Crippen LogP contribution in [0.2, 0.25) is 0 Å². The average molecular weight is 419 g/mol. The van der Waals surface area contributed by atoms with Gasteiger partial charge in [-0.15, -0.1) is 0 Å². The van der Waals surface area contributed by atoms with Crippen LogP contribution in [0, 0.1) is 6.92 Å². The highest BCUT2D eigenvalue weighted by Gasteiger charge is 2.26. The van der Waals surface area contributed by atoms with Gasteiger partial charge in [-0.1, -0.05) is 12.1 Å². The van der Waals surface area contributed by atoms with Crippen LogP contribution in [0.5, 0.6) is 11.5 Å². The van der Waals surface area contributed by atoms with E-state index >= 15 is 0 Å². The average Bonchev–Trinajstić information content (AvgIpc) is 2.72. The molecule has 0 aliphatic carbocycles. The molecule has 8 heteroatoms. The maximum Gasteiger partial charge on any atom is 0.311 e. The number of nitrogens with zero attached hydrogens (tertiary/aromatic N) is 1. The van der Waals surface area contributed by atoms with Crippen molar-refractivity contribution in [3.63, 3.8) is 0 Å². The van der Waals surface area contributed by atoms with E-state index in [2.05, 4.69) is 0 Å². The lowest BCUT2D eigenvalue weighted by molar-refractivity contribution is -0.134. The van der Waals surface area contributed by atoms with Crippen molar-refractivity contribution in [1.82, 2.24) is 4.31 Å². The van der Waals surface area contributed by atoms with Crippen LogP contribution in [0.25, 0.3) is 0 Å². The molecule has 7 nitrogen and oxygen atoms in total. The van der Waals surface area contributed by atoms with Gasteiger partial charge in [-0.2, -0.15) is 4.31 Å². The minimum atomic E-state index is -3.56. The van der Waals surface area contributed by atoms with Gasteiger partial charge >= 0.3 is 5.97 Å². The Morgan fingerprint density at radius 1 is 1.07 bits per heavy atom. The summed E-state index contributed by atoms with van der Waals surface area (Å²) in [6.45, 7) is 3.86. The topological polar surface area (TPSA) is 82.1 Å². The van der Waals surface area contributed by atoms with Crippen molar-refractivity contribution in [1.29, 1.82) is 0 Å². The van der Waals surface area contributed by atoms with E-state index in [1.54, 1.807) is 0 Å². The molecule has 1 aliphatic rings. The van der Waals surface area contributed by atoms with Gasteiger partial charge in [0, 0.05) is 19.5 Å². The largest absolute Gasteiger partial charge is 0.494 e. The van der Waals surface area contributed by atoms with Crippen molar-refractivity contribution < 1.29 is 27.4 Å². The summed E-state index contributed by atoms with van der Waals surface area (Å²) in [5.41, 5.74) is 1.11. The molecule has 0 atom stereocenters. The molecule has 1 saturated heterocycles. The Bertz CT molecular complexity index is 920. The number of rotatable bonds is 8. The first kappa shape index (κ1) is 21.3. The summed E-state index contributed by atoms with van der Waals surface area (Å²) in [6.07, 6.45) is 0.732. The Labute approximate surface area is 171 Å². The summed E-state index contributed by atoms with van der Waals surface area (Å²) >= 11 is 0. The van der Waals surface area contributed by atoms with E-state index in [4.69, 9.17) is 14.2 Å². The van der Waals surface area contributed by atoms with Crippen LogP contribution in [-0.2, 0) is 19.6 Å². The van der Waals surface area contributed by atoms with Gasteiger partial charge in [-0.05, 0) is 55.3 Å². The van der Waals surface area contributed by atoms with Gasteiger partial charge in [-0.25, -0.2) is 8.42 Å². The van der Waals surface area contributed by atoms with E-state index in [0.717, 1.165) is 11.3 Å². The van der Waals surface area contributed by atoms with E-state index in [9.17, 15) is 13.2 Å². The molecule has 0 bridgehead atoms. The smallest absolute Gasteiger partial charge is 0.311 e. The zero-order valence-electron chi connectivity index (χ0n) is 16.4. The zero-order chi connectivity index (χ0) is 20.7. The summed E-state index contributed by atoms with van der Waals surface area (Å²) in [6, 6.07) is 13.6. The van der Waals surface area contributed by atoms with Crippen LogP contribution < -0.4 is 9.47 Å². The van der Waals surface area contributed by atoms with Crippen LogP contribution in [-0.4, -0.2) is 51.6 Å². The number of carbonyl (C=O) groups excluding carboxylic acids is 1. The van der Waals surface area contributed by atoms with Crippen molar-refractivity contribution in [2.75, 3.05) is 32.9 Å². The first-order valence-electron chi connectivity index (χ1n) is 9.53. The molecule has 1 aliphatic heterocycles. The van der Waals surface area contributed by atoms with Crippen molar-refractivity contribution in [2.45, 2.75) is 24.7 Å². The number of aryl methyl sites for hydroxylation is 1. The summed E-state index contributed by atoms with van der Waals surface area (Å²) in [4.78, 5) is 12.2. The zero-order valence-corrected chi connectivity index (χ0v) is 17.2. The monoisotopic (exact) mass is 419 g/mol. The Balaban J connectivity index is 1.46. The van der Waals surface area contributed by atoms with Crippen molar-refractivity contribution in [3.8, 4) is 11.5 Å². The highest BCUT2D eigenvalue weighted by atomic mass is 32.2. The lowest BCUT2D eigenvalue weighted by Crippen LogP contribution is -2.40. The van der Waals surface area contributed by atoms with Gasteiger partial charge in [0.1, 0.15) is 11.5 Å². The first-order valence-corrected chi connectivity index (χ1v) is 11.0. The SMILES string of the molecule is Cc1cccc(OCCCC(=O)Oc2ccc(S(=O)(=O)N3CCOCC3)cc2)c1. The normalized spacial score (nSPS) is 15.1. The number of morpholine rings is 1. The molecule has 0 radical (unpaired) electrons. The van der Waals surface area contributed by atoms with E-state index in [-0.39, 0.29) is 17.3 Å². The predicted molar refractivity (Wildman–Crippen MR) is 108 cm³/mol. The molecular weight excluding hydrogens is 394 g/mol. The van der Waals surface area contributed by atoms with E-state index in [1.165, 1.54) is 28.6 Å². The summed E-state index contributed by atoms with van der Waals surface area (Å²) in [7, 11) is -3.56. The van der Waals surface area contributed by atoms with Gasteiger partial charge in [-0.3, -0.25) is 4.79 Å². The Hall–Kier alpha value is -2.42. The number of hydrogen-bond acceptors (Lipinski definition) is 6. The predicted octanol–water partition coefficient (Wildman–Crippen LogP) is 2.78. The molecule has 1 heterocycles. The van der Waals surface area contributed by atoms with Crippen LogP contribution >= 0.6 is 0 Å². The minimum absolute atomic E-state index is 0.172. The summed E-state index contributed by atoms with van der Waals surface area (Å²) in [5, 5.41) is 0. The Morgan fingerprint density at radius 2 is 1.79 bits per heavy atom. The van der Waals surface area contributed by atoms with Gasteiger partial charge in [0.05, 0.1) is 24.7 Å². The molecule has 1 fully saturated rings. The number of hydrogen-bond donors (Lipinski definition) is 0. The Morgan fingerprint density at radius 3 is 2.48 bits per heavy atom. The molecule has 0 spiro atoms. The lowest BCUT2D eigenvalue weighted by Gasteiger charge is -2.26. The fraction of sp³-hybridized carbons (Fsp3) is 0.381. The summed E-state index contributed by atoms with van der Waals surface area (Å²) < 4.78 is 42.6. The maximum absolute atomic E-state index is 12.6. The third-order valence-corrected chi connectivity index (χ3v) is 6.36. The standard InChI is InChI=1S/C21H25NO6S/c1-17-4-2-5-19(16-17)27-13-3-6-21(23)28-18-7-9-20(10-8-18)29(24,25)22-11-14-26-15-12-22/h2,4-5,7-10,16H,3,6,11-15H2,1H3. The second-order valence-corrected chi connectivity index (χ2v) is 8.67. The molecular formula is C21H25NO6S. The molecule has 0 N–H and O–H groups in total. The Kier molecular flexibility index (Phi) is 7.24. The highest BCUT2D eigenvalue weighted by molar-refractivity contribution is 7.89. The molecule has 0 amide bonds. The van der Waals surface area contributed by atoms with Gasteiger partial charge in [0.25, 0.3) is 0 Å². The molecule has 0 saturated carbocycles. The molecule has 2 aromatic carbocycles. The maximum atomic E-state index is 12.6. The number of ether oxygens (including phenoxy) is 3. The number of benzene rings is 2. The van der Waals surface area contributed by atoms with Crippen LogP contribution in [0.4, 0.5) is 0 Å². The van der Waals surface area contributed by atoms with Crippen molar-refractivity contribution in [2.24, 2.45) is 0 Å².